The fourth-order valence-corrected chi connectivity index (χ4v) is 1.73. The molecule has 1 aromatic heterocycles. The van der Waals surface area contributed by atoms with Gasteiger partial charge in [-0.2, -0.15) is 5.10 Å². The Morgan fingerprint density at radius 3 is 3.06 bits per heavy atom. The largest absolute Gasteiger partial charge is 0.508 e. The predicted molar refractivity (Wildman–Crippen MR) is 67.0 cm³/mol. The van der Waals surface area contributed by atoms with Crippen LogP contribution in [0.25, 0.3) is 0 Å². The molecule has 2 rings (SSSR count). The smallest absolute Gasteiger partial charge is 0.224 e. The Labute approximate surface area is 105 Å². The average Bonchev–Trinajstić information content (AvgIpc) is 2.81. The van der Waals surface area contributed by atoms with Crippen LogP contribution in [0.5, 0.6) is 5.75 Å². The molecule has 0 bridgehead atoms. The quantitative estimate of drug-likeness (QED) is 0.764. The van der Waals surface area contributed by atoms with Gasteiger partial charge < -0.3 is 10.4 Å². The summed E-state index contributed by atoms with van der Waals surface area (Å²) in [6.45, 7) is 1.89. The van der Waals surface area contributed by atoms with E-state index < -0.39 is 0 Å². The third kappa shape index (κ3) is 3.10. The lowest BCUT2D eigenvalue weighted by molar-refractivity contribution is -0.121. The molecular weight excluding hydrogens is 230 g/mol. The van der Waals surface area contributed by atoms with Crippen LogP contribution in [0.15, 0.2) is 36.7 Å². The van der Waals surface area contributed by atoms with E-state index in [-0.39, 0.29) is 24.1 Å². The van der Waals surface area contributed by atoms with Crippen LogP contribution in [0.4, 0.5) is 0 Å². The van der Waals surface area contributed by atoms with Crippen LogP contribution in [0, 0.1) is 0 Å². The number of hydrogen-bond donors (Lipinski definition) is 3. The van der Waals surface area contributed by atoms with Crippen LogP contribution in [-0.2, 0) is 11.2 Å². The van der Waals surface area contributed by atoms with E-state index in [0.29, 0.717) is 0 Å². The van der Waals surface area contributed by atoms with Crippen LogP contribution in [0.3, 0.4) is 0 Å². The summed E-state index contributed by atoms with van der Waals surface area (Å²) in [5.74, 6) is 0.0810. The second-order valence-corrected chi connectivity index (χ2v) is 4.17. The first-order valence-corrected chi connectivity index (χ1v) is 5.71. The van der Waals surface area contributed by atoms with Gasteiger partial charge in [-0.3, -0.25) is 9.89 Å². The van der Waals surface area contributed by atoms with Crippen LogP contribution in [0.2, 0.25) is 0 Å². The summed E-state index contributed by atoms with van der Waals surface area (Å²) in [4.78, 5) is 11.8. The standard InChI is InChI=1S/C13H15N3O2/c1-9(11-7-14-15-8-11)16-13(18)6-10-3-2-4-12(17)5-10/h2-5,7-9,17H,6H2,1H3,(H,14,15)(H,16,18). The lowest BCUT2D eigenvalue weighted by Crippen LogP contribution is -2.27. The second-order valence-electron chi connectivity index (χ2n) is 4.17. The molecule has 0 saturated carbocycles. The van der Waals surface area contributed by atoms with Gasteiger partial charge in [0.1, 0.15) is 5.75 Å². The van der Waals surface area contributed by atoms with E-state index in [0.717, 1.165) is 11.1 Å². The second kappa shape index (κ2) is 5.35. The highest BCUT2D eigenvalue weighted by molar-refractivity contribution is 5.79. The van der Waals surface area contributed by atoms with Crippen LogP contribution < -0.4 is 5.32 Å². The van der Waals surface area contributed by atoms with E-state index in [1.165, 1.54) is 0 Å². The normalized spacial score (nSPS) is 12.1. The highest BCUT2D eigenvalue weighted by Gasteiger charge is 2.10. The van der Waals surface area contributed by atoms with E-state index in [1.807, 2.05) is 13.0 Å². The summed E-state index contributed by atoms with van der Waals surface area (Å²) in [6.07, 6.45) is 3.68. The van der Waals surface area contributed by atoms with Crippen LogP contribution >= 0.6 is 0 Å². The number of H-pyrrole nitrogens is 1. The first-order valence-electron chi connectivity index (χ1n) is 5.71. The zero-order valence-corrected chi connectivity index (χ0v) is 10.1. The summed E-state index contributed by atoms with van der Waals surface area (Å²) in [5.41, 5.74) is 1.71. The SMILES string of the molecule is CC(NC(=O)Cc1cccc(O)c1)c1cn[nH]c1. The number of aromatic amines is 1. The molecule has 0 radical (unpaired) electrons. The first kappa shape index (κ1) is 12.2. The van der Waals surface area contributed by atoms with Crippen molar-refractivity contribution in [2.75, 3.05) is 0 Å². The summed E-state index contributed by atoms with van der Waals surface area (Å²) in [6, 6.07) is 6.60. The van der Waals surface area contributed by atoms with Gasteiger partial charge in [0.15, 0.2) is 0 Å². The Hall–Kier alpha value is -2.30. The highest BCUT2D eigenvalue weighted by Crippen LogP contribution is 2.13. The number of carbonyl (C=O) groups excluding carboxylic acids is 1. The Balaban J connectivity index is 1.93. The zero-order valence-electron chi connectivity index (χ0n) is 10.1. The molecule has 0 saturated heterocycles. The maximum atomic E-state index is 11.8. The van der Waals surface area contributed by atoms with Gasteiger partial charge in [-0.25, -0.2) is 0 Å². The third-order valence-electron chi connectivity index (χ3n) is 2.67. The van der Waals surface area contributed by atoms with Gasteiger partial charge in [-0.05, 0) is 24.6 Å². The molecule has 1 aromatic carbocycles. The van der Waals surface area contributed by atoms with Crippen LogP contribution in [0.1, 0.15) is 24.1 Å². The molecule has 5 heteroatoms. The molecule has 1 heterocycles. The van der Waals surface area contributed by atoms with Gasteiger partial charge in [0, 0.05) is 11.8 Å². The van der Waals surface area contributed by atoms with Crippen molar-refractivity contribution in [3.63, 3.8) is 0 Å². The summed E-state index contributed by atoms with van der Waals surface area (Å²) in [5, 5.41) is 18.7. The Bertz CT molecular complexity index is 523. The lowest BCUT2D eigenvalue weighted by Gasteiger charge is -2.12. The van der Waals surface area contributed by atoms with Crippen LogP contribution in [-0.4, -0.2) is 21.2 Å². The van der Waals surface area contributed by atoms with E-state index >= 15 is 0 Å². The number of benzene rings is 1. The number of amides is 1. The number of phenolic OH excluding ortho intramolecular Hbond substituents is 1. The van der Waals surface area contributed by atoms with Crippen molar-refractivity contribution in [3.8, 4) is 5.75 Å². The zero-order chi connectivity index (χ0) is 13.0. The number of nitrogens with zero attached hydrogens (tertiary/aromatic N) is 1. The molecular formula is C13H15N3O2. The highest BCUT2D eigenvalue weighted by atomic mass is 16.3. The molecule has 94 valence electrons. The predicted octanol–water partition coefficient (Wildman–Crippen LogP) is 1.54. The summed E-state index contributed by atoms with van der Waals surface area (Å²) >= 11 is 0. The number of hydrogen-bond acceptors (Lipinski definition) is 3. The number of carbonyl (C=O) groups is 1. The molecule has 1 atom stereocenters. The van der Waals surface area contributed by atoms with Crippen molar-refractivity contribution in [2.45, 2.75) is 19.4 Å². The minimum absolute atomic E-state index is 0.0886. The molecule has 0 aliphatic carbocycles. The molecule has 3 N–H and O–H groups in total. The molecule has 5 nitrogen and oxygen atoms in total. The topological polar surface area (TPSA) is 78.0 Å². The van der Waals surface area contributed by atoms with Crippen molar-refractivity contribution >= 4 is 5.91 Å². The number of phenols is 1. The molecule has 0 aliphatic rings. The van der Waals surface area contributed by atoms with Crippen molar-refractivity contribution in [1.82, 2.24) is 15.5 Å². The number of rotatable bonds is 4. The fourth-order valence-electron chi connectivity index (χ4n) is 1.73. The molecule has 0 spiro atoms. The Morgan fingerprint density at radius 1 is 1.56 bits per heavy atom. The number of nitrogens with one attached hydrogen (secondary N) is 2. The van der Waals surface area contributed by atoms with E-state index in [9.17, 15) is 9.90 Å². The van der Waals surface area contributed by atoms with E-state index in [4.69, 9.17) is 0 Å². The Kier molecular flexibility index (Phi) is 3.62. The maximum absolute atomic E-state index is 11.8. The minimum Gasteiger partial charge on any atom is -0.508 e. The molecule has 1 amide bonds. The van der Waals surface area contributed by atoms with Gasteiger partial charge in [-0.15, -0.1) is 0 Å². The summed E-state index contributed by atoms with van der Waals surface area (Å²) in [7, 11) is 0. The van der Waals surface area contributed by atoms with Gasteiger partial charge in [0.25, 0.3) is 0 Å². The van der Waals surface area contributed by atoms with E-state index in [2.05, 4.69) is 15.5 Å². The van der Waals surface area contributed by atoms with Crippen molar-refractivity contribution < 1.29 is 9.90 Å². The molecule has 0 aliphatic heterocycles. The molecule has 1 unspecified atom stereocenters. The molecule has 0 fully saturated rings. The molecule has 2 aromatic rings. The van der Waals surface area contributed by atoms with Gasteiger partial charge in [0.2, 0.25) is 5.91 Å². The van der Waals surface area contributed by atoms with Crippen molar-refractivity contribution in [1.29, 1.82) is 0 Å². The monoisotopic (exact) mass is 245 g/mol. The first-order chi connectivity index (χ1) is 8.65. The number of aromatic hydroxyl groups is 1. The van der Waals surface area contributed by atoms with Gasteiger partial charge in [0.05, 0.1) is 18.7 Å². The summed E-state index contributed by atoms with van der Waals surface area (Å²) < 4.78 is 0. The average molecular weight is 245 g/mol. The Morgan fingerprint density at radius 2 is 2.39 bits per heavy atom. The minimum atomic E-state index is -0.0893. The molecule has 18 heavy (non-hydrogen) atoms. The third-order valence-corrected chi connectivity index (χ3v) is 2.67. The van der Waals surface area contributed by atoms with Crippen molar-refractivity contribution in [3.05, 3.63) is 47.8 Å². The van der Waals surface area contributed by atoms with Crippen molar-refractivity contribution in [2.24, 2.45) is 0 Å². The number of aromatic nitrogens is 2. The maximum Gasteiger partial charge on any atom is 0.224 e. The van der Waals surface area contributed by atoms with E-state index in [1.54, 1.807) is 30.6 Å². The van der Waals surface area contributed by atoms with Gasteiger partial charge >= 0.3 is 0 Å². The fraction of sp³-hybridized carbons (Fsp3) is 0.231. The lowest BCUT2D eigenvalue weighted by atomic mass is 10.1. The van der Waals surface area contributed by atoms with Gasteiger partial charge in [-0.1, -0.05) is 12.1 Å².